The summed E-state index contributed by atoms with van der Waals surface area (Å²) in [7, 11) is -2.80. The summed E-state index contributed by atoms with van der Waals surface area (Å²) in [4.78, 5) is 10.7. The maximum absolute atomic E-state index is 10.7. The molecule has 0 radical (unpaired) electrons. The number of carbonyl (C=O) groups excluding carboxylic acids is 1. The quantitative estimate of drug-likeness (QED) is 0.698. The van der Waals surface area contributed by atoms with Crippen LogP contribution in [0.2, 0.25) is 0 Å². The highest BCUT2D eigenvalue weighted by molar-refractivity contribution is 7.62. The summed E-state index contributed by atoms with van der Waals surface area (Å²) in [5.74, 6) is 0.179. The van der Waals surface area contributed by atoms with Gasteiger partial charge in [0, 0.05) is 5.69 Å². The number of nitrogen functional groups attached to an aromatic ring is 1. The van der Waals surface area contributed by atoms with E-state index in [0.29, 0.717) is 5.69 Å². The van der Waals surface area contributed by atoms with Crippen molar-refractivity contribution in [2.45, 2.75) is 0 Å². The van der Waals surface area contributed by atoms with Gasteiger partial charge in [-0.05, 0) is 24.3 Å². The molecule has 1 aromatic carbocycles. The maximum atomic E-state index is 10.7. The van der Waals surface area contributed by atoms with Crippen molar-refractivity contribution in [1.82, 2.24) is 0 Å². The molecule has 0 saturated carbocycles. The van der Waals surface area contributed by atoms with Gasteiger partial charge in [0.25, 0.3) is 0 Å². The van der Waals surface area contributed by atoms with E-state index in [2.05, 4.69) is 9.10 Å². The lowest BCUT2D eigenvalue weighted by atomic mass is 10.3. The van der Waals surface area contributed by atoms with Gasteiger partial charge >= 0.3 is 16.6 Å². The van der Waals surface area contributed by atoms with Crippen molar-refractivity contribution in [3.05, 3.63) is 24.3 Å². The zero-order chi connectivity index (χ0) is 10.6. The summed E-state index contributed by atoms with van der Waals surface area (Å²) in [6, 6.07) is 5.88. The summed E-state index contributed by atoms with van der Waals surface area (Å²) < 4.78 is 27.1. The molecule has 0 bridgehead atoms. The first kappa shape index (κ1) is 10.2. The molecule has 0 aliphatic rings. The van der Waals surface area contributed by atoms with Crippen molar-refractivity contribution in [2.24, 2.45) is 4.36 Å². The highest BCUT2D eigenvalue weighted by atomic mass is 32.2. The summed E-state index contributed by atoms with van der Waals surface area (Å²) in [5, 5.41) is 0. The number of nitrogens with two attached hydrogens (primary N) is 1. The smallest absolute Gasteiger partial charge is 0.408 e. The van der Waals surface area contributed by atoms with Gasteiger partial charge in [0.15, 0.2) is 0 Å². The molecule has 0 aromatic heterocycles. The van der Waals surface area contributed by atoms with Crippen LogP contribution >= 0.6 is 0 Å². The second kappa shape index (κ2) is 4.38. The molecule has 1 rings (SSSR count). The topological polar surface area (TPSA) is 98.8 Å². The van der Waals surface area contributed by atoms with Crippen LogP contribution in [0.1, 0.15) is 0 Å². The number of hydrogen-bond acceptors (Lipinski definition) is 5. The van der Waals surface area contributed by atoms with E-state index in [1.54, 1.807) is 0 Å². The van der Waals surface area contributed by atoms with Crippen LogP contribution < -0.4 is 10.5 Å². The largest absolute Gasteiger partial charge is 0.454 e. The Labute approximate surface area is 81.0 Å². The standard InChI is InChI=1S/C7H6N2O4S/c8-5-1-3-6(4-2-5)13-7(10)9-14(11)12/h1-4H,8H2. The van der Waals surface area contributed by atoms with E-state index in [9.17, 15) is 13.2 Å². The van der Waals surface area contributed by atoms with Crippen LogP contribution in [0.5, 0.6) is 5.75 Å². The average molecular weight is 214 g/mol. The Morgan fingerprint density at radius 3 is 2.36 bits per heavy atom. The van der Waals surface area contributed by atoms with E-state index in [-0.39, 0.29) is 5.75 Å². The molecule has 7 heteroatoms. The molecular formula is C7H6N2O4S. The first-order chi connectivity index (χ1) is 6.58. The molecular weight excluding hydrogens is 208 g/mol. The number of anilines is 1. The SMILES string of the molecule is Nc1ccc(OC(=O)N=S(=O)=O)cc1. The minimum atomic E-state index is -2.80. The molecule has 1 aromatic rings. The fraction of sp³-hybridized carbons (Fsp3) is 0. The Hall–Kier alpha value is -1.89. The Balaban J connectivity index is 2.75. The van der Waals surface area contributed by atoms with E-state index in [1.165, 1.54) is 24.3 Å². The van der Waals surface area contributed by atoms with Crippen LogP contribution in [0.4, 0.5) is 10.5 Å². The van der Waals surface area contributed by atoms with E-state index in [1.807, 2.05) is 0 Å². The third-order valence-corrected chi connectivity index (χ3v) is 1.53. The average Bonchev–Trinajstić information content (AvgIpc) is 2.07. The van der Waals surface area contributed by atoms with Gasteiger partial charge in [0.2, 0.25) is 0 Å². The second-order valence-electron chi connectivity index (χ2n) is 2.25. The van der Waals surface area contributed by atoms with Gasteiger partial charge in [-0.1, -0.05) is 4.36 Å². The summed E-state index contributed by atoms with van der Waals surface area (Å²) in [6.45, 7) is 0. The lowest BCUT2D eigenvalue weighted by Crippen LogP contribution is -2.01. The van der Waals surface area contributed by atoms with Crippen LogP contribution in [-0.2, 0) is 10.5 Å². The summed E-state index contributed by atoms with van der Waals surface area (Å²) in [5.41, 5.74) is 5.88. The van der Waals surface area contributed by atoms with Gasteiger partial charge in [-0.3, -0.25) is 0 Å². The molecule has 0 heterocycles. The maximum Gasteiger partial charge on any atom is 0.454 e. The van der Waals surface area contributed by atoms with Crippen molar-refractivity contribution in [1.29, 1.82) is 0 Å². The van der Waals surface area contributed by atoms with E-state index < -0.39 is 16.6 Å². The zero-order valence-corrected chi connectivity index (χ0v) is 7.69. The van der Waals surface area contributed by atoms with Crippen LogP contribution in [-0.4, -0.2) is 14.5 Å². The van der Waals surface area contributed by atoms with Crippen LogP contribution in [0.25, 0.3) is 0 Å². The highest BCUT2D eigenvalue weighted by Gasteiger charge is 2.01. The molecule has 0 fully saturated rings. The Kier molecular flexibility index (Phi) is 3.19. The number of amides is 1. The van der Waals surface area contributed by atoms with Gasteiger partial charge in [0.1, 0.15) is 5.75 Å². The molecule has 0 atom stereocenters. The fourth-order valence-corrected chi connectivity index (χ4v) is 0.875. The summed E-state index contributed by atoms with van der Waals surface area (Å²) in [6.07, 6.45) is -1.19. The first-order valence-electron chi connectivity index (χ1n) is 3.46. The predicted molar refractivity (Wildman–Crippen MR) is 48.2 cm³/mol. The van der Waals surface area contributed by atoms with Gasteiger partial charge in [0.05, 0.1) is 0 Å². The zero-order valence-electron chi connectivity index (χ0n) is 6.88. The number of ether oxygens (including phenoxy) is 1. The lowest BCUT2D eigenvalue weighted by Gasteiger charge is -1.98. The number of carbonyl (C=O) groups is 1. The summed E-state index contributed by atoms with van der Waals surface area (Å²) >= 11 is 0. The molecule has 0 saturated heterocycles. The molecule has 0 aliphatic carbocycles. The van der Waals surface area contributed by atoms with Gasteiger partial charge in [-0.2, -0.15) is 8.42 Å². The van der Waals surface area contributed by atoms with Crippen molar-refractivity contribution in [3.8, 4) is 5.75 Å². The molecule has 1 amide bonds. The molecule has 0 aliphatic heterocycles. The van der Waals surface area contributed by atoms with Gasteiger partial charge in [-0.25, -0.2) is 4.79 Å². The van der Waals surface area contributed by atoms with Crippen LogP contribution in [0, 0.1) is 0 Å². The molecule has 0 spiro atoms. The third kappa shape index (κ3) is 3.23. The van der Waals surface area contributed by atoms with Gasteiger partial charge in [-0.15, -0.1) is 0 Å². The minimum absolute atomic E-state index is 0.179. The van der Waals surface area contributed by atoms with Crippen molar-refractivity contribution in [3.63, 3.8) is 0 Å². The minimum Gasteiger partial charge on any atom is -0.408 e. The Morgan fingerprint density at radius 2 is 1.86 bits per heavy atom. The third-order valence-electron chi connectivity index (χ3n) is 1.23. The Bertz CT molecular complexity index is 455. The molecule has 6 nitrogen and oxygen atoms in total. The monoisotopic (exact) mass is 214 g/mol. The lowest BCUT2D eigenvalue weighted by molar-refractivity contribution is 0.212. The Morgan fingerprint density at radius 1 is 1.29 bits per heavy atom. The highest BCUT2D eigenvalue weighted by Crippen LogP contribution is 2.13. The van der Waals surface area contributed by atoms with Crippen LogP contribution in [0.3, 0.4) is 0 Å². The van der Waals surface area contributed by atoms with E-state index in [0.717, 1.165) is 0 Å². The second-order valence-corrected chi connectivity index (χ2v) is 2.86. The van der Waals surface area contributed by atoms with Crippen LogP contribution in [0.15, 0.2) is 28.6 Å². The number of benzene rings is 1. The number of nitrogens with zero attached hydrogens (tertiary/aromatic N) is 1. The van der Waals surface area contributed by atoms with Gasteiger partial charge < -0.3 is 10.5 Å². The van der Waals surface area contributed by atoms with E-state index >= 15 is 0 Å². The van der Waals surface area contributed by atoms with E-state index in [4.69, 9.17) is 5.73 Å². The molecule has 74 valence electrons. The van der Waals surface area contributed by atoms with Crippen molar-refractivity contribution in [2.75, 3.05) is 5.73 Å². The van der Waals surface area contributed by atoms with Crippen molar-refractivity contribution >= 4 is 22.3 Å². The number of hydrogen-bond donors (Lipinski definition) is 1. The fourth-order valence-electron chi connectivity index (χ4n) is 0.716. The normalized spacial score (nSPS) is 9.14. The molecule has 0 unspecified atom stereocenters. The molecule has 2 N–H and O–H groups in total. The van der Waals surface area contributed by atoms with Crippen molar-refractivity contribution < 1.29 is 17.9 Å². The molecule has 14 heavy (non-hydrogen) atoms. The predicted octanol–water partition coefficient (Wildman–Crippen LogP) is 0.830. The number of rotatable bonds is 1. The first-order valence-corrected chi connectivity index (χ1v) is 4.49.